The molecule has 0 saturated carbocycles. The number of hydrogen-bond donors (Lipinski definition) is 0. The lowest BCUT2D eigenvalue weighted by Crippen LogP contribution is -2.48. The van der Waals surface area contributed by atoms with Crippen LogP contribution in [0.5, 0.6) is 0 Å². The molecule has 0 N–H and O–H groups in total. The van der Waals surface area contributed by atoms with Crippen molar-refractivity contribution in [3.63, 3.8) is 0 Å². The molecule has 0 aromatic heterocycles. The molecule has 0 saturated heterocycles. The first-order valence-electron chi connectivity index (χ1n) is 6.92. The van der Waals surface area contributed by atoms with Gasteiger partial charge in [0.1, 0.15) is 6.20 Å². The highest BCUT2D eigenvalue weighted by molar-refractivity contribution is 5.97. The fourth-order valence-electron chi connectivity index (χ4n) is 2.89. The van der Waals surface area contributed by atoms with Crippen LogP contribution in [-0.2, 0) is 4.79 Å². The van der Waals surface area contributed by atoms with Crippen molar-refractivity contribution in [2.45, 2.75) is 40.5 Å². The maximum absolute atomic E-state index is 12.2. The van der Waals surface area contributed by atoms with Gasteiger partial charge in [0.25, 0.3) is 0 Å². The predicted molar refractivity (Wildman–Crippen MR) is 77.1 cm³/mol. The second kappa shape index (κ2) is 5.40. The Labute approximate surface area is 112 Å². The zero-order chi connectivity index (χ0) is 14.0. The minimum absolute atomic E-state index is 0.00876. The van der Waals surface area contributed by atoms with Gasteiger partial charge in [0.15, 0.2) is 5.78 Å². The van der Waals surface area contributed by atoms with Crippen LogP contribution in [0.3, 0.4) is 0 Å². The highest BCUT2D eigenvalue weighted by Crippen LogP contribution is 2.38. The summed E-state index contributed by atoms with van der Waals surface area (Å²) in [4.78, 5) is 12.2. The van der Waals surface area contributed by atoms with Gasteiger partial charge in [0.2, 0.25) is 0 Å². The molecular formula is C16H28NO+. The summed E-state index contributed by atoms with van der Waals surface area (Å²) in [6.45, 7) is 14.7. The zero-order valence-corrected chi connectivity index (χ0v) is 12.6. The summed E-state index contributed by atoms with van der Waals surface area (Å²) >= 11 is 0. The molecule has 0 aromatic carbocycles. The first kappa shape index (κ1) is 15.2. The molecule has 2 nitrogen and oxygen atoms in total. The third-order valence-corrected chi connectivity index (χ3v) is 3.83. The van der Waals surface area contributed by atoms with E-state index in [2.05, 4.69) is 47.5 Å². The smallest absolute Gasteiger partial charge is 0.168 e. The average molecular weight is 250 g/mol. The van der Waals surface area contributed by atoms with Crippen molar-refractivity contribution in [1.82, 2.24) is 0 Å². The third-order valence-electron chi connectivity index (χ3n) is 3.83. The first-order valence-corrected chi connectivity index (χ1v) is 6.92. The SMILES string of the molecule is C=CCC(=O)C1=C[N+](C)(CC(C)C)CCC1(C)C. The van der Waals surface area contributed by atoms with Gasteiger partial charge in [-0.05, 0) is 0 Å². The molecule has 1 rings (SSSR count). The topological polar surface area (TPSA) is 17.1 Å². The van der Waals surface area contributed by atoms with Crippen molar-refractivity contribution in [3.05, 3.63) is 24.4 Å². The number of rotatable bonds is 5. The molecule has 102 valence electrons. The average Bonchev–Trinajstić information content (AvgIpc) is 2.21. The zero-order valence-electron chi connectivity index (χ0n) is 12.6. The molecule has 0 aliphatic carbocycles. The van der Waals surface area contributed by atoms with Crippen LogP contribution in [-0.4, -0.2) is 30.4 Å². The van der Waals surface area contributed by atoms with E-state index >= 15 is 0 Å². The molecule has 0 bridgehead atoms. The fraction of sp³-hybridized carbons (Fsp3) is 0.688. The predicted octanol–water partition coefficient (Wildman–Crippen LogP) is 3.55. The van der Waals surface area contributed by atoms with E-state index in [-0.39, 0.29) is 11.2 Å². The third kappa shape index (κ3) is 3.55. The lowest BCUT2D eigenvalue weighted by atomic mass is 9.76. The van der Waals surface area contributed by atoms with Gasteiger partial charge >= 0.3 is 0 Å². The summed E-state index contributed by atoms with van der Waals surface area (Å²) in [5.74, 6) is 0.881. The molecule has 1 aliphatic heterocycles. The molecule has 0 fully saturated rings. The molecule has 2 heteroatoms. The number of quaternary nitrogens is 1. The van der Waals surface area contributed by atoms with Crippen LogP contribution < -0.4 is 0 Å². The Bertz CT molecular complexity index is 365. The van der Waals surface area contributed by atoms with Crippen molar-refractivity contribution < 1.29 is 9.28 Å². The second-order valence-corrected chi connectivity index (χ2v) is 6.87. The number of allylic oxidation sites excluding steroid dienone is 2. The van der Waals surface area contributed by atoms with Gasteiger partial charge in [0.05, 0.1) is 25.7 Å². The Balaban J connectivity index is 3.05. The number of Topliss-reactive ketones (excluding diaryl/α,β-unsaturated/α-hetero) is 1. The summed E-state index contributed by atoms with van der Waals surface area (Å²) in [5.41, 5.74) is 1.01. The molecule has 0 aromatic rings. The molecule has 1 atom stereocenters. The van der Waals surface area contributed by atoms with Crippen LogP contribution in [0.15, 0.2) is 24.4 Å². The largest absolute Gasteiger partial charge is 0.299 e. The van der Waals surface area contributed by atoms with Crippen LogP contribution in [0.25, 0.3) is 0 Å². The van der Waals surface area contributed by atoms with Crippen molar-refractivity contribution in [3.8, 4) is 0 Å². The molecule has 1 aliphatic rings. The van der Waals surface area contributed by atoms with Crippen molar-refractivity contribution in [2.75, 3.05) is 20.1 Å². The highest BCUT2D eigenvalue weighted by Gasteiger charge is 2.38. The molecule has 18 heavy (non-hydrogen) atoms. The molecular weight excluding hydrogens is 222 g/mol. The highest BCUT2D eigenvalue weighted by atomic mass is 16.1. The fourth-order valence-corrected chi connectivity index (χ4v) is 2.89. The molecule has 0 radical (unpaired) electrons. The minimum atomic E-state index is 0.00876. The molecule has 1 unspecified atom stereocenters. The lowest BCUT2D eigenvalue weighted by Gasteiger charge is -2.42. The van der Waals surface area contributed by atoms with E-state index in [1.807, 2.05) is 0 Å². The summed E-state index contributed by atoms with van der Waals surface area (Å²) in [7, 11) is 2.23. The van der Waals surface area contributed by atoms with Crippen LogP contribution in [0.2, 0.25) is 0 Å². The monoisotopic (exact) mass is 250 g/mol. The Kier molecular flexibility index (Phi) is 4.55. The summed E-state index contributed by atoms with van der Waals surface area (Å²) in [5, 5.41) is 0. The first-order chi connectivity index (χ1) is 8.20. The number of hydrogen-bond acceptors (Lipinski definition) is 1. The van der Waals surface area contributed by atoms with Gasteiger partial charge in [-0.1, -0.05) is 33.8 Å². The summed E-state index contributed by atoms with van der Waals surface area (Å²) in [6, 6.07) is 0. The van der Waals surface area contributed by atoms with Crippen LogP contribution in [0.1, 0.15) is 40.5 Å². The van der Waals surface area contributed by atoms with Gasteiger partial charge in [0, 0.05) is 24.2 Å². The van der Waals surface area contributed by atoms with Crippen molar-refractivity contribution in [1.29, 1.82) is 0 Å². The van der Waals surface area contributed by atoms with Crippen molar-refractivity contribution >= 4 is 5.78 Å². The normalized spacial score (nSPS) is 26.9. The van der Waals surface area contributed by atoms with E-state index in [9.17, 15) is 4.79 Å². The van der Waals surface area contributed by atoms with E-state index in [0.29, 0.717) is 12.3 Å². The van der Waals surface area contributed by atoms with E-state index < -0.39 is 0 Å². The van der Waals surface area contributed by atoms with Crippen LogP contribution in [0.4, 0.5) is 0 Å². The van der Waals surface area contributed by atoms with Gasteiger partial charge in [-0.15, -0.1) is 6.58 Å². The summed E-state index contributed by atoms with van der Waals surface area (Å²) in [6.07, 6.45) is 5.44. The van der Waals surface area contributed by atoms with E-state index in [1.165, 1.54) is 0 Å². The van der Waals surface area contributed by atoms with Gasteiger partial charge in [-0.3, -0.25) is 9.28 Å². The Morgan fingerprint density at radius 3 is 2.67 bits per heavy atom. The van der Waals surface area contributed by atoms with Crippen LogP contribution >= 0.6 is 0 Å². The number of ketones is 1. The van der Waals surface area contributed by atoms with Gasteiger partial charge in [-0.25, -0.2) is 0 Å². The molecule has 0 amide bonds. The Hall–Kier alpha value is -0.890. The van der Waals surface area contributed by atoms with E-state index in [0.717, 1.165) is 29.6 Å². The maximum atomic E-state index is 12.2. The number of nitrogens with zero attached hydrogens (tertiary/aromatic N) is 1. The maximum Gasteiger partial charge on any atom is 0.168 e. The lowest BCUT2D eigenvalue weighted by molar-refractivity contribution is -0.866. The van der Waals surface area contributed by atoms with E-state index in [1.54, 1.807) is 6.08 Å². The number of carbonyl (C=O) groups excluding carboxylic acids is 1. The van der Waals surface area contributed by atoms with Gasteiger partial charge in [-0.2, -0.15) is 0 Å². The molecule has 0 spiro atoms. The second-order valence-electron chi connectivity index (χ2n) is 6.87. The summed E-state index contributed by atoms with van der Waals surface area (Å²) < 4.78 is 0.888. The minimum Gasteiger partial charge on any atom is -0.299 e. The number of carbonyl (C=O) groups is 1. The van der Waals surface area contributed by atoms with Crippen molar-refractivity contribution in [2.24, 2.45) is 11.3 Å². The quantitative estimate of drug-likeness (QED) is 0.539. The van der Waals surface area contributed by atoms with E-state index in [4.69, 9.17) is 0 Å². The van der Waals surface area contributed by atoms with Crippen LogP contribution in [0, 0.1) is 11.3 Å². The Morgan fingerprint density at radius 1 is 1.56 bits per heavy atom. The Morgan fingerprint density at radius 2 is 2.17 bits per heavy atom. The van der Waals surface area contributed by atoms with Gasteiger partial charge < -0.3 is 0 Å². The molecule has 1 heterocycles. The standard InChI is InChI=1S/C16H28NO/c1-7-8-15(18)14-12-17(6,11-13(2)3)10-9-16(14,4)5/h7,12-13H,1,8-11H2,2-6H3/q+1.